The van der Waals surface area contributed by atoms with Crippen molar-refractivity contribution in [2.75, 3.05) is 6.54 Å². The van der Waals surface area contributed by atoms with Crippen LogP contribution in [-0.4, -0.2) is 40.6 Å². The second kappa shape index (κ2) is 17.1. The molecule has 4 aromatic rings. The minimum atomic E-state index is -2.06. The number of azo groups is 1. The number of amides is 1. The van der Waals surface area contributed by atoms with Crippen molar-refractivity contribution < 1.29 is 38.9 Å². The van der Waals surface area contributed by atoms with Crippen LogP contribution in [0, 0.1) is 0 Å². The number of rotatable bonds is 14. The molecule has 1 aliphatic rings. The highest BCUT2D eigenvalue weighted by molar-refractivity contribution is 9.48. The Bertz CT molecular complexity index is 2060. The van der Waals surface area contributed by atoms with Gasteiger partial charge in [0.15, 0.2) is 0 Å². The molecule has 0 bridgehead atoms. The summed E-state index contributed by atoms with van der Waals surface area (Å²) in [6.07, 6.45) is 1.43. The Labute approximate surface area is 311 Å². The van der Waals surface area contributed by atoms with Crippen LogP contribution >= 0.6 is 30.9 Å². The second-order valence-electron chi connectivity index (χ2n) is 11.0. The Morgan fingerprint density at radius 1 is 0.784 bits per heavy atom. The maximum absolute atomic E-state index is 13.5. The number of carboxylic acid groups (broad SMARTS) is 1. The van der Waals surface area contributed by atoms with Crippen LogP contribution in [0.4, 0.5) is 11.4 Å². The Morgan fingerprint density at radius 3 is 1.98 bits per heavy atom. The Morgan fingerprint density at radius 2 is 1.37 bits per heavy atom. The Kier molecular flexibility index (Phi) is 12.9. The largest absolute Gasteiger partial charge is 0.508 e. The maximum Gasteiger partial charge on any atom is 0.347 e. The number of phenolic OH excluding ortho intramolecular Hbond substituents is 1. The molecule has 1 fully saturated rings. The highest BCUT2D eigenvalue weighted by atomic mass is 33.7. The molecule has 1 heterocycles. The van der Waals surface area contributed by atoms with Gasteiger partial charge < -0.3 is 25.0 Å². The topological polar surface area (TPSA) is 164 Å². The van der Waals surface area contributed by atoms with Gasteiger partial charge in [-0.15, -0.1) is 0 Å². The fourth-order valence-electron chi connectivity index (χ4n) is 4.48. The van der Waals surface area contributed by atoms with E-state index >= 15 is 0 Å². The first-order valence-electron chi connectivity index (χ1n) is 15.5. The van der Waals surface area contributed by atoms with Crippen molar-refractivity contribution in [3.63, 3.8) is 0 Å². The van der Waals surface area contributed by atoms with Gasteiger partial charge >= 0.3 is 17.9 Å². The molecule has 0 atom stereocenters. The van der Waals surface area contributed by atoms with Crippen molar-refractivity contribution in [3.05, 3.63) is 102 Å². The van der Waals surface area contributed by atoms with Crippen molar-refractivity contribution in [2.24, 2.45) is 10.2 Å². The zero-order valence-corrected chi connectivity index (χ0v) is 32.0. The first kappa shape index (κ1) is 38.4. The predicted molar refractivity (Wildman–Crippen MR) is 209 cm³/mol. The highest BCUT2D eigenvalue weighted by Crippen LogP contribution is 3.04. The van der Waals surface area contributed by atoms with E-state index in [1.54, 1.807) is 64.5 Å². The average Bonchev–Trinajstić information content (AvgIpc) is 3.10. The minimum Gasteiger partial charge on any atom is -0.508 e. The van der Waals surface area contributed by atoms with E-state index < -0.39 is 32.7 Å². The summed E-state index contributed by atoms with van der Waals surface area (Å²) < 4.78 is 7.20. The van der Waals surface area contributed by atoms with Crippen molar-refractivity contribution in [1.29, 1.82) is 0 Å². The summed E-state index contributed by atoms with van der Waals surface area (Å²) in [4.78, 5) is 48.9. The van der Waals surface area contributed by atoms with Gasteiger partial charge in [-0.05, 0) is 97.4 Å². The van der Waals surface area contributed by atoms with E-state index in [1.807, 2.05) is 31.2 Å². The summed E-state index contributed by atoms with van der Waals surface area (Å²) in [6.45, 7) is 1.96. The van der Waals surface area contributed by atoms with Gasteiger partial charge in [-0.3, -0.25) is 14.4 Å². The number of hydrogen-bond acceptors (Lipinski definition) is 13. The maximum atomic E-state index is 13.5. The highest BCUT2D eigenvalue weighted by Gasteiger charge is 2.45. The van der Waals surface area contributed by atoms with Gasteiger partial charge in [0, 0.05) is 29.1 Å². The van der Waals surface area contributed by atoms with E-state index in [2.05, 4.69) is 15.5 Å². The summed E-state index contributed by atoms with van der Waals surface area (Å²) in [6, 6.07) is 24.5. The summed E-state index contributed by atoms with van der Waals surface area (Å²) >= 11 is 15.3. The van der Waals surface area contributed by atoms with Gasteiger partial charge in [-0.25, -0.2) is 4.79 Å². The van der Waals surface area contributed by atoms with E-state index in [1.165, 1.54) is 24.3 Å². The number of aromatic hydroxyl groups is 1. The lowest BCUT2D eigenvalue weighted by atomic mass is 10.1. The molecule has 264 valence electrons. The molecular formula is C34H31N3O8P2S4. The number of carboxylic acids is 1. The third kappa shape index (κ3) is 10.2. The number of carbonyl (C=O) groups is 4. The standard InChI is InChI=1S/C34H31N3O8P2S4/c1-2-3-4-32(41)45-30-18-9-24(37-36-23-7-5-22(6-8-23)33(42)35-20-19-31(39)40)21-29(30)34(43)44-26-12-16-28(17-13-26)47(49)50-46(48,51-47)27-14-10-25(38)11-15-27/h5-18,21,38H,2-4,19-20H2,1H3,(H,35,42)(H,39,40)/b37-36+. The van der Waals surface area contributed by atoms with Crippen LogP contribution in [0.15, 0.2) is 101 Å². The number of nitrogens with zero attached hydrogens (tertiary/aromatic N) is 2. The summed E-state index contributed by atoms with van der Waals surface area (Å²) in [5, 5.41) is 31.2. The second-order valence-corrected chi connectivity index (χ2v) is 32.3. The van der Waals surface area contributed by atoms with Gasteiger partial charge in [-0.2, -0.15) is 10.2 Å². The molecule has 0 aromatic heterocycles. The van der Waals surface area contributed by atoms with Crippen LogP contribution in [0.25, 0.3) is 0 Å². The molecule has 17 heteroatoms. The van der Waals surface area contributed by atoms with E-state index in [9.17, 15) is 24.3 Å². The van der Waals surface area contributed by atoms with E-state index in [0.29, 0.717) is 17.7 Å². The number of esters is 2. The molecule has 0 unspecified atom stereocenters. The minimum absolute atomic E-state index is 0.00447. The summed E-state index contributed by atoms with van der Waals surface area (Å²) in [5.41, 5.74) is 0.994. The predicted octanol–water partition coefficient (Wildman–Crippen LogP) is 8.38. The first-order valence-corrected chi connectivity index (χ1v) is 25.1. The van der Waals surface area contributed by atoms with E-state index in [4.69, 9.17) is 38.2 Å². The van der Waals surface area contributed by atoms with Crippen molar-refractivity contribution in [2.45, 2.75) is 32.6 Å². The molecule has 1 aliphatic heterocycles. The number of hydrogen-bond donors (Lipinski definition) is 3. The van der Waals surface area contributed by atoms with Gasteiger partial charge in [0.2, 0.25) is 0 Å². The quantitative estimate of drug-likeness (QED) is 0.0484. The summed E-state index contributed by atoms with van der Waals surface area (Å²) in [5.74, 6) is -2.22. The smallest absolute Gasteiger partial charge is 0.347 e. The monoisotopic (exact) mass is 799 g/mol. The zero-order chi connectivity index (χ0) is 36.6. The molecule has 0 saturated carbocycles. The third-order valence-corrected chi connectivity index (χ3v) is 38.4. The van der Waals surface area contributed by atoms with Gasteiger partial charge in [0.25, 0.3) is 5.91 Å². The Hall–Kier alpha value is -3.84. The van der Waals surface area contributed by atoms with E-state index in [-0.39, 0.29) is 47.9 Å². The van der Waals surface area contributed by atoms with Crippen molar-refractivity contribution >= 4 is 100 Å². The van der Waals surface area contributed by atoms with Crippen LogP contribution in [0.1, 0.15) is 53.3 Å². The Balaban J connectivity index is 1.29. The fourth-order valence-corrected chi connectivity index (χ4v) is 46.8. The van der Waals surface area contributed by atoms with Crippen LogP contribution in [0.2, 0.25) is 0 Å². The number of ether oxygens (including phenoxy) is 2. The van der Waals surface area contributed by atoms with Crippen LogP contribution in [-0.2, 0) is 33.2 Å². The molecule has 0 spiro atoms. The molecule has 51 heavy (non-hydrogen) atoms. The number of nitrogens with one attached hydrogen (secondary N) is 1. The molecule has 11 nitrogen and oxygen atoms in total. The third-order valence-electron chi connectivity index (χ3n) is 7.14. The lowest BCUT2D eigenvalue weighted by Crippen LogP contribution is -2.25. The lowest BCUT2D eigenvalue weighted by molar-refractivity contribution is -0.137. The van der Waals surface area contributed by atoms with Crippen molar-refractivity contribution in [1.82, 2.24) is 5.32 Å². The lowest BCUT2D eigenvalue weighted by Gasteiger charge is -2.40. The van der Waals surface area contributed by atoms with Crippen LogP contribution in [0.5, 0.6) is 17.2 Å². The average molecular weight is 800 g/mol. The first-order chi connectivity index (χ1) is 24.4. The number of aliphatic carboxylic acids is 1. The fraction of sp³-hybridized carbons (Fsp3) is 0.176. The normalized spacial score (nSPS) is 18.1. The molecule has 0 aliphatic carbocycles. The van der Waals surface area contributed by atoms with Crippen LogP contribution in [0.3, 0.4) is 0 Å². The number of phenols is 1. The number of benzene rings is 4. The molecular weight excluding hydrogens is 769 g/mol. The van der Waals surface area contributed by atoms with Gasteiger partial charge in [-0.1, -0.05) is 59.0 Å². The van der Waals surface area contributed by atoms with Crippen molar-refractivity contribution in [3.8, 4) is 17.2 Å². The van der Waals surface area contributed by atoms with Crippen LogP contribution < -0.4 is 25.4 Å². The SMILES string of the molecule is CCCCC(=O)Oc1ccc(/N=N/c2ccc(C(=O)NCCC(=O)O)cc2)cc1C(=O)Oc1ccc(P2(=S)SP(=S)(c3ccc(O)cc3)S2)cc1. The van der Waals surface area contributed by atoms with E-state index in [0.717, 1.165) is 17.0 Å². The summed E-state index contributed by atoms with van der Waals surface area (Å²) in [7, 11) is 0. The molecule has 3 N–H and O–H groups in total. The molecule has 4 aromatic carbocycles. The van der Waals surface area contributed by atoms with Gasteiger partial charge in [0.05, 0.1) is 26.7 Å². The van der Waals surface area contributed by atoms with Gasteiger partial charge in [0.1, 0.15) is 22.8 Å². The zero-order valence-electron chi connectivity index (χ0n) is 27.0. The molecule has 5 rings (SSSR count). The number of carbonyl (C=O) groups excluding carboxylic acids is 3. The number of unbranched alkanes of at least 4 members (excludes halogenated alkanes) is 1. The molecule has 1 amide bonds. The molecule has 1 saturated heterocycles. The molecule has 0 radical (unpaired) electrons.